The molecular weight excluding hydrogens is 336 g/mol. The molecule has 2 N–H and O–H groups in total. The van der Waals surface area contributed by atoms with Crippen molar-refractivity contribution in [3.63, 3.8) is 0 Å². The van der Waals surface area contributed by atoms with E-state index < -0.39 is 0 Å². The summed E-state index contributed by atoms with van der Waals surface area (Å²) in [6.07, 6.45) is 6.09. The first-order chi connectivity index (χ1) is 13.1. The van der Waals surface area contributed by atoms with Gasteiger partial charge < -0.3 is 10.6 Å². The zero-order valence-corrected chi connectivity index (χ0v) is 16.4. The number of amides is 1. The Balaban J connectivity index is 1.37. The van der Waals surface area contributed by atoms with Crippen molar-refractivity contribution >= 4 is 5.91 Å². The number of carbonyl (C=O) groups is 1. The SMILES string of the molecule is Cc1nn(Cc2ccccc2)c(C)c1CNC(=O)C1CC2CCCCC2N1. The number of carbonyl (C=O) groups excluding carboxylic acids is 1. The van der Waals surface area contributed by atoms with Gasteiger partial charge in [0.25, 0.3) is 0 Å². The van der Waals surface area contributed by atoms with E-state index in [1.807, 2.05) is 29.8 Å². The van der Waals surface area contributed by atoms with Crippen LogP contribution in [-0.4, -0.2) is 27.8 Å². The lowest BCUT2D eigenvalue weighted by molar-refractivity contribution is -0.123. The molecule has 1 aromatic heterocycles. The van der Waals surface area contributed by atoms with E-state index in [1.165, 1.54) is 31.2 Å². The largest absolute Gasteiger partial charge is 0.351 e. The molecule has 2 aromatic rings. The van der Waals surface area contributed by atoms with E-state index in [0.29, 0.717) is 18.5 Å². The predicted octanol–water partition coefficient (Wildman–Crippen LogP) is 3.09. The third kappa shape index (κ3) is 3.93. The van der Waals surface area contributed by atoms with Gasteiger partial charge in [-0.15, -0.1) is 0 Å². The number of nitrogens with one attached hydrogen (secondary N) is 2. The maximum atomic E-state index is 12.7. The van der Waals surface area contributed by atoms with E-state index in [4.69, 9.17) is 0 Å². The van der Waals surface area contributed by atoms with Gasteiger partial charge >= 0.3 is 0 Å². The van der Waals surface area contributed by atoms with Gasteiger partial charge in [-0.3, -0.25) is 9.48 Å². The monoisotopic (exact) mass is 366 g/mol. The minimum Gasteiger partial charge on any atom is -0.351 e. The molecular formula is C22H30N4O. The molecule has 4 rings (SSSR count). The summed E-state index contributed by atoms with van der Waals surface area (Å²) in [5.41, 5.74) is 4.49. The van der Waals surface area contributed by atoms with E-state index in [-0.39, 0.29) is 11.9 Å². The number of fused-ring (bicyclic) bond motifs is 1. The van der Waals surface area contributed by atoms with E-state index in [0.717, 1.165) is 29.9 Å². The van der Waals surface area contributed by atoms with Gasteiger partial charge in [0.05, 0.1) is 18.3 Å². The molecule has 3 unspecified atom stereocenters. The van der Waals surface area contributed by atoms with E-state index in [2.05, 4.69) is 34.8 Å². The first kappa shape index (κ1) is 18.2. The third-order valence-electron chi connectivity index (χ3n) is 6.33. The smallest absolute Gasteiger partial charge is 0.237 e. The van der Waals surface area contributed by atoms with Crippen molar-refractivity contribution in [2.75, 3.05) is 0 Å². The lowest BCUT2D eigenvalue weighted by Gasteiger charge is -2.24. The molecule has 5 nitrogen and oxygen atoms in total. The minimum atomic E-state index is -0.0296. The standard InChI is InChI=1S/C22H30N4O/c1-15-19(16(2)26(25-15)14-17-8-4-3-5-9-17)13-23-22(27)21-12-18-10-6-7-11-20(18)24-21/h3-5,8-9,18,20-21,24H,6-7,10-14H2,1-2H3,(H,23,27). The highest BCUT2D eigenvalue weighted by molar-refractivity contribution is 5.82. The molecule has 2 fully saturated rings. The first-order valence-electron chi connectivity index (χ1n) is 10.2. The van der Waals surface area contributed by atoms with Crippen molar-refractivity contribution in [2.45, 2.75) is 71.1 Å². The summed E-state index contributed by atoms with van der Waals surface area (Å²) in [6, 6.07) is 10.9. The van der Waals surface area contributed by atoms with Gasteiger partial charge in [0.15, 0.2) is 0 Å². The predicted molar refractivity (Wildman–Crippen MR) is 106 cm³/mol. The molecule has 0 radical (unpaired) electrons. The third-order valence-corrected chi connectivity index (χ3v) is 6.33. The zero-order valence-electron chi connectivity index (χ0n) is 16.4. The average Bonchev–Trinajstić information content (AvgIpc) is 3.22. The van der Waals surface area contributed by atoms with Crippen LogP contribution in [0.1, 0.15) is 54.6 Å². The van der Waals surface area contributed by atoms with Gasteiger partial charge in [-0.05, 0) is 44.6 Å². The Morgan fingerprint density at radius 3 is 2.78 bits per heavy atom. The molecule has 1 aliphatic carbocycles. The van der Waals surface area contributed by atoms with Crippen LogP contribution in [0.5, 0.6) is 0 Å². The Kier molecular flexibility index (Phi) is 5.30. The van der Waals surface area contributed by atoms with Crippen molar-refractivity contribution in [2.24, 2.45) is 5.92 Å². The highest BCUT2D eigenvalue weighted by atomic mass is 16.2. The number of aromatic nitrogens is 2. The minimum absolute atomic E-state index is 0.0296. The van der Waals surface area contributed by atoms with Crippen LogP contribution < -0.4 is 10.6 Å². The van der Waals surface area contributed by atoms with Gasteiger partial charge in [0, 0.05) is 23.8 Å². The number of hydrogen-bond acceptors (Lipinski definition) is 3. The molecule has 1 aliphatic heterocycles. The quantitative estimate of drug-likeness (QED) is 0.855. The van der Waals surface area contributed by atoms with Gasteiger partial charge in [0.2, 0.25) is 5.91 Å². The van der Waals surface area contributed by atoms with Crippen LogP contribution in [0.2, 0.25) is 0 Å². The molecule has 1 aromatic carbocycles. The highest BCUT2D eigenvalue weighted by Gasteiger charge is 2.38. The Bertz CT molecular complexity index is 784. The molecule has 2 aliphatic rings. The molecule has 2 heterocycles. The van der Waals surface area contributed by atoms with Crippen molar-refractivity contribution in [1.82, 2.24) is 20.4 Å². The van der Waals surface area contributed by atoms with E-state index >= 15 is 0 Å². The number of aryl methyl sites for hydroxylation is 1. The fourth-order valence-electron chi connectivity index (χ4n) is 4.72. The molecule has 144 valence electrons. The molecule has 1 saturated heterocycles. The maximum absolute atomic E-state index is 12.7. The summed E-state index contributed by atoms with van der Waals surface area (Å²) >= 11 is 0. The number of rotatable bonds is 5. The first-order valence-corrected chi connectivity index (χ1v) is 10.2. The van der Waals surface area contributed by atoms with Crippen molar-refractivity contribution in [3.8, 4) is 0 Å². The van der Waals surface area contributed by atoms with Gasteiger partial charge in [0.1, 0.15) is 0 Å². The fraction of sp³-hybridized carbons (Fsp3) is 0.545. The summed E-state index contributed by atoms with van der Waals surface area (Å²) < 4.78 is 2.04. The van der Waals surface area contributed by atoms with Crippen LogP contribution in [-0.2, 0) is 17.9 Å². The zero-order chi connectivity index (χ0) is 18.8. The highest BCUT2D eigenvalue weighted by Crippen LogP contribution is 2.33. The van der Waals surface area contributed by atoms with Crippen LogP contribution in [0.25, 0.3) is 0 Å². The Morgan fingerprint density at radius 2 is 2.00 bits per heavy atom. The number of benzene rings is 1. The van der Waals surface area contributed by atoms with E-state index in [9.17, 15) is 4.79 Å². The normalized spacial score (nSPS) is 24.6. The Hall–Kier alpha value is -2.14. The maximum Gasteiger partial charge on any atom is 0.237 e. The summed E-state index contributed by atoms with van der Waals surface area (Å²) in [5, 5.41) is 11.4. The second kappa shape index (κ2) is 7.85. The van der Waals surface area contributed by atoms with Crippen LogP contribution in [0.3, 0.4) is 0 Å². The van der Waals surface area contributed by atoms with Gasteiger partial charge in [-0.25, -0.2) is 0 Å². The summed E-state index contributed by atoms with van der Waals surface area (Å²) in [7, 11) is 0. The number of hydrogen-bond donors (Lipinski definition) is 2. The summed E-state index contributed by atoms with van der Waals surface area (Å²) in [4.78, 5) is 12.7. The molecule has 1 saturated carbocycles. The van der Waals surface area contributed by atoms with Gasteiger partial charge in [-0.2, -0.15) is 5.10 Å². The molecule has 5 heteroatoms. The van der Waals surface area contributed by atoms with Crippen molar-refractivity contribution in [3.05, 3.63) is 52.8 Å². The lowest BCUT2D eigenvalue weighted by Crippen LogP contribution is -2.43. The van der Waals surface area contributed by atoms with Crippen LogP contribution in [0, 0.1) is 19.8 Å². The molecule has 3 atom stereocenters. The average molecular weight is 367 g/mol. The van der Waals surface area contributed by atoms with E-state index in [1.54, 1.807) is 0 Å². The topological polar surface area (TPSA) is 59.0 Å². The molecule has 27 heavy (non-hydrogen) atoms. The second-order valence-corrected chi connectivity index (χ2v) is 8.12. The van der Waals surface area contributed by atoms with Gasteiger partial charge in [-0.1, -0.05) is 43.2 Å². The second-order valence-electron chi connectivity index (χ2n) is 8.12. The van der Waals surface area contributed by atoms with Crippen LogP contribution in [0.4, 0.5) is 0 Å². The molecule has 0 spiro atoms. The Labute approximate surface area is 161 Å². The van der Waals surface area contributed by atoms with Crippen molar-refractivity contribution < 1.29 is 4.79 Å². The number of nitrogens with zero attached hydrogens (tertiary/aromatic N) is 2. The molecule has 1 amide bonds. The Morgan fingerprint density at radius 1 is 1.22 bits per heavy atom. The van der Waals surface area contributed by atoms with Crippen molar-refractivity contribution in [1.29, 1.82) is 0 Å². The van der Waals surface area contributed by atoms with Crippen LogP contribution in [0.15, 0.2) is 30.3 Å². The fourth-order valence-corrected chi connectivity index (χ4v) is 4.72. The van der Waals surface area contributed by atoms with Crippen LogP contribution >= 0.6 is 0 Å². The molecule has 0 bridgehead atoms. The summed E-state index contributed by atoms with van der Waals surface area (Å²) in [5.74, 6) is 0.825. The summed E-state index contributed by atoms with van der Waals surface area (Å²) in [6.45, 7) is 5.43. The lowest BCUT2D eigenvalue weighted by atomic mass is 9.85.